The highest BCUT2D eigenvalue weighted by atomic mass is 16.5. The van der Waals surface area contributed by atoms with Crippen molar-refractivity contribution < 1.29 is 9.53 Å². The standard InChI is InChI=1S/C19H18N4O2/c1-13-4-3-5-15(10-13)22-18-12-20-17(11-21-18)19(24)23-14-6-8-16(25-2)9-7-14/h3-12H,1-2H3,(H,21,22)(H,23,24). The Morgan fingerprint density at radius 3 is 2.44 bits per heavy atom. The molecule has 0 aliphatic heterocycles. The summed E-state index contributed by atoms with van der Waals surface area (Å²) in [7, 11) is 1.59. The van der Waals surface area contributed by atoms with Crippen LogP contribution >= 0.6 is 0 Å². The van der Waals surface area contributed by atoms with Crippen LogP contribution in [-0.2, 0) is 0 Å². The molecule has 0 spiro atoms. The van der Waals surface area contributed by atoms with Gasteiger partial charge in [0.15, 0.2) is 0 Å². The average molecular weight is 334 g/mol. The van der Waals surface area contributed by atoms with Gasteiger partial charge in [0, 0.05) is 11.4 Å². The molecule has 6 nitrogen and oxygen atoms in total. The number of rotatable bonds is 5. The van der Waals surface area contributed by atoms with Gasteiger partial charge in [-0.15, -0.1) is 0 Å². The summed E-state index contributed by atoms with van der Waals surface area (Å²) in [6, 6.07) is 15.0. The van der Waals surface area contributed by atoms with Crippen LogP contribution in [0.25, 0.3) is 0 Å². The Labute approximate surface area is 145 Å². The molecular weight excluding hydrogens is 316 g/mol. The molecule has 0 radical (unpaired) electrons. The van der Waals surface area contributed by atoms with E-state index in [-0.39, 0.29) is 11.6 Å². The van der Waals surface area contributed by atoms with Crippen LogP contribution in [0.2, 0.25) is 0 Å². The van der Waals surface area contributed by atoms with Crippen molar-refractivity contribution >= 4 is 23.1 Å². The van der Waals surface area contributed by atoms with Gasteiger partial charge in [0.1, 0.15) is 17.3 Å². The Bertz CT molecular complexity index is 861. The van der Waals surface area contributed by atoms with Gasteiger partial charge in [0.05, 0.1) is 19.5 Å². The number of carbonyl (C=O) groups excluding carboxylic acids is 1. The number of nitrogens with zero attached hydrogens (tertiary/aromatic N) is 2. The summed E-state index contributed by atoms with van der Waals surface area (Å²) in [4.78, 5) is 20.6. The minimum absolute atomic E-state index is 0.241. The van der Waals surface area contributed by atoms with Gasteiger partial charge >= 0.3 is 0 Å². The molecule has 0 bridgehead atoms. The molecule has 2 N–H and O–H groups in total. The van der Waals surface area contributed by atoms with E-state index in [0.717, 1.165) is 17.0 Å². The van der Waals surface area contributed by atoms with Crippen molar-refractivity contribution in [3.8, 4) is 5.75 Å². The van der Waals surface area contributed by atoms with E-state index < -0.39 is 0 Å². The van der Waals surface area contributed by atoms with Gasteiger partial charge < -0.3 is 15.4 Å². The van der Waals surface area contributed by atoms with Crippen LogP contribution in [0.15, 0.2) is 60.9 Å². The molecule has 3 rings (SSSR count). The van der Waals surface area contributed by atoms with Gasteiger partial charge in [-0.05, 0) is 48.9 Å². The predicted octanol–water partition coefficient (Wildman–Crippen LogP) is 3.79. The van der Waals surface area contributed by atoms with Crippen LogP contribution in [0.3, 0.4) is 0 Å². The summed E-state index contributed by atoms with van der Waals surface area (Å²) in [6.07, 6.45) is 2.97. The topological polar surface area (TPSA) is 76.1 Å². The second-order valence-corrected chi connectivity index (χ2v) is 5.46. The van der Waals surface area contributed by atoms with Gasteiger partial charge in [-0.25, -0.2) is 9.97 Å². The Kier molecular flexibility index (Phi) is 4.89. The zero-order chi connectivity index (χ0) is 17.6. The van der Waals surface area contributed by atoms with E-state index in [1.54, 1.807) is 31.4 Å². The zero-order valence-electron chi connectivity index (χ0n) is 14.0. The van der Waals surface area contributed by atoms with E-state index >= 15 is 0 Å². The zero-order valence-corrected chi connectivity index (χ0v) is 14.0. The molecule has 1 amide bonds. The number of hydrogen-bond acceptors (Lipinski definition) is 5. The first-order valence-corrected chi connectivity index (χ1v) is 7.75. The fourth-order valence-corrected chi connectivity index (χ4v) is 2.25. The molecule has 0 saturated heterocycles. The third kappa shape index (κ3) is 4.32. The summed E-state index contributed by atoms with van der Waals surface area (Å²) in [5, 5.41) is 5.92. The summed E-state index contributed by atoms with van der Waals surface area (Å²) in [5.74, 6) is 0.982. The maximum Gasteiger partial charge on any atom is 0.275 e. The average Bonchev–Trinajstić information content (AvgIpc) is 2.63. The molecule has 1 heterocycles. The second kappa shape index (κ2) is 7.44. The van der Waals surface area contributed by atoms with Crippen molar-refractivity contribution in [3.63, 3.8) is 0 Å². The predicted molar refractivity (Wildman–Crippen MR) is 97.4 cm³/mol. The quantitative estimate of drug-likeness (QED) is 0.742. The first kappa shape index (κ1) is 16.4. The highest BCUT2D eigenvalue weighted by molar-refractivity contribution is 6.02. The lowest BCUT2D eigenvalue weighted by Crippen LogP contribution is -2.14. The number of ether oxygens (including phenoxy) is 1. The molecular formula is C19H18N4O2. The lowest BCUT2D eigenvalue weighted by Gasteiger charge is -2.08. The number of anilines is 3. The Morgan fingerprint density at radius 2 is 1.80 bits per heavy atom. The largest absolute Gasteiger partial charge is 0.497 e. The van der Waals surface area contributed by atoms with E-state index in [4.69, 9.17) is 4.74 Å². The number of aromatic nitrogens is 2. The number of benzene rings is 2. The van der Waals surface area contributed by atoms with E-state index in [0.29, 0.717) is 11.5 Å². The fourth-order valence-electron chi connectivity index (χ4n) is 2.25. The number of carbonyl (C=O) groups is 1. The van der Waals surface area contributed by atoms with Crippen LogP contribution < -0.4 is 15.4 Å². The number of aryl methyl sites for hydroxylation is 1. The lowest BCUT2D eigenvalue weighted by atomic mass is 10.2. The maximum atomic E-state index is 12.2. The third-order valence-electron chi connectivity index (χ3n) is 3.52. The highest BCUT2D eigenvalue weighted by Crippen LogP contribution is 2.17. The molecule has 0 aliphatic carbocycles. The monoisotopic (exact) mass is 334 g/mol. The number of amides is 1. The highest BCUT2D eigenvalue weighted by Gasteiger charge is 2.09. The molecule has 6 heteroatoms. The van der Waals surface area contributed by atoms with Crippen LogP contribution in [-0.4, -0.2) is 23.0 Å². The van der Waals surface area contributed by atoms with Crippen molar-refractivity contribution in [2.45, 2.75) is 6.92 Å². The Balaban J connectivity index is 1.65. The van der Waals surface area contributed by atoms with E-state index in [1.807, 2.05) is 31.2 Å². The summed E-state index contributed by atoms with van der Waals surface area (Å²) < 4.78 is 5.09. The Hall–Kier alpha value is -3.41. The molecule has 25 heavy (non-hydrogen) atoms. The molecule has 1 aromatic heterocycles. The van der Waals surface area contributed by atoms with Crippen LogP contribution in [0.1, 0.15) is 16.1 Å². The first-order valence-electron chi connectivity index (χ1n) is 7.75. The van der Waals surface area contributed by atoms with Crippen molar-refractivity contribution in [1.82, 2.24) is 9.97 Å². The Morgan fingerprint density at radius 1 is 1.00 bits per heavy atom. The van der Waals surface area contributed by atoms with Crippen molar-refractivity contribution in [3.05, 3.63) is 72.2 Å². The number of hydrogen-bond donors (Lipinski definition) is 2. The molecule has 0 saturated carbocycles. The van der Waals surface area contributed by atoms with E-state index in [9.17, 15) is 4.79 Å². The van der Waals surface area contributed by atoms with Gasteiger partial charge in [0.2, 0.25) is 0 Å². The van der Waals surface area contributed by atoms with Crippen LogP contribution in [0, 0.1) is 6.92 Å². The van der Waals surface area contributed by atoms with Gasteiger partial charge in [-0.1, -0.05) is 12.1 Å². The van der Waals surface area contributed by atoms with Crippen molar-refractivity contribution in [2.24, 2.45) is 0 Å². The smallest absolute Gasteiger partial charge is 0.275 e. The van der Waals surface area contributed by atoms with Gasteiger partial charge in [-0.2, -0.15) is 0 Å². The minimum Gasteiger partial charge on any atom is -0.497 e. The van der Waals surface area contributed by atoms with Crippen LogP contribution in [0.4, 0.5) is 17.2 Å². The lowest BCUT2D eigenvalue weighted by molar-refractivity contribution is 0.102. The number of nitrogens with one attached hydrogen (secondary N) is 2. The minimum atomic E-state index is -0.320. The van der Waals surface area contributed by atoms with Crippen molar-refractivity contribution in [1.29, 1.82) is 0 Å². The summed E-state index contributed by atoms with van der Waals surface area (Å²) in [5.41, 5.74) is 2.97. The molecule has 0 atom stereocenters. The summed E-state index contributed by atoms with van der Waals surface area (Å²) >= 11 is 0. The second-order valence-electron chi connectivity index (χ2n) is 5.46. The molecule has 126 valence electrons. The first-order chi connectivity index (χ1) is 12.1. The SMILES string of the molecule is COc1ccc(NC(=O)c2cnc(Nc3cccc(C)c3)cn2)cc1. The molecule has 0 fully saturated rings. The van der Waals surface area contributed by atoms with Gasteiger partial charge in [0.25, 0.3) is 5.91 Å². The number of methoxy groups -OCH3 is 1. The molecule has 0 aliphatic rings. The molecule has 0 unspecified atom stereocenters. The molecule has 3 aromatic rings. The summed E-state index contributed by atoms with van der Waals surface area (Å²) in [6.45, 7) is 2.02. The van der Waals surface area contributed by atoms with Gasteiger partial charge in [-0.3, -0.25) is 4.79 Å². The normalized spacial score (nSPS) is 10.2. The third-order valence-corrected chi connectivity index (χ3v) is 3.52. The maximum absolute atomic E-state index is 12.2. The van der Waals surface area contributed by atoms with E-state index in [2.05, 4.69) is 20.6 Å². The van der Waals surface area contributed by atoms with E-state index in [1.165, 1.54) is 12.4 Å². The van der Waals surface area contributed by atoms with Crippen LogP contribution in [0.5, 0.6) is 5.75 Å². The van der Waals surface area contributed by atoms with Crippen molar-refractivity contribution in [2.75, 3.05) is 17.7 Å². The fraction of sp³-hybridized carbons (Fsp3) is 0.105. The molecule has 2 aromatic carbocycles.